The van der Waals surface area contributed by atoms with Crippen molar-refractivity contribution in [2.24, 2.45) is 4.99 Å². The Bertz CT molecular complexity index is 798. The molecule has 3 aromatic rings. The molecule has 0 amide bonds. The maximum Gasteiger partial charge on any atom is 0.191 e. The number of methoxy groups -OCH3 is 1. The second kappa shape index (κ2) is 9.73. The number of fused-ring (bicyclic) bond motifs is 1. The number of guanidine groups is 1. The van der Waals surface area contributed by atoms with Crippen LogP contribution in [0.2, 0.25) is 0 Å². The minimum Gasteiger partial charge on any atom is -0.457 e. The van der Waals surface area contributed by atoms with E-state index in [0.29, 0.717) is 25.7 Å². The molecule has 0 bridgehead atoms. The molecular weight excluding hydrogens is 451 g/mol. The average Bonchev–Trinajstić information content (AvgIpc) is 3.24. The number of nitrogens with zero attached hydrogens (tertiary/aromatic N) is 2. The first-order valence-corrected chi connectivity index (χ1v) is 8.50. The summed E-state index contributed by atoms with van der Waals surface area (Å²) in [6.45, 7) is 1.88. The minimum atomic E-state index is 0. The zero-order valence-electron chi connectivity index (χ0n) is 14.1. The van der Waals surface area contributed by atoms with Crippen LogP contribution in [0.15, 0.2) is 45.8 Å². The summed E-state index contributed by atoms with van der Waals surface area (Å²) in [6, 6.07) is 12.0. The normalized spacial score (nSPS) is 11.4. The van der Waals surface area contributed by atoms with Gasteiger partial charge < -0.3 is 19.8 Å². The highest BCUT2D eigenvalue weighted by atomic mass is 127. The van der Waals surface area contributed by atoms with Crippen molar-refractivity contribution >= 4 is 51.5 Å². The van der Waals surface area contributed by atoms with Gasteiger partial charge >= 0.3 is 0 Å². The Kier molecular flexibility index (Phi) is 7.66. The summed E-state index contributed by atoms with van der Waals surface area (Å²) >= 11 is 1.63. The Morgan fingerprint density at radius 3 is 2.84 bits per heavy atom. The van der Waals surface area contributed by atoms with Crippen molar-refractivity contribution in [1.82, 2.24) is 15.6 Å². The van der Waals surface area contributed by atoms with Gasteiger partial charge in [0.05, 0.1) is 23.4 Å². The van der Waals surface area contributed by atoms with Gasteiger partial charge in [-0.3, -0.25) is 4.99 Å². The molecule has 3 rings (SSSR count). The molecule has 134 valence electrons. The molecule has 0 saturated heterocycles. The van der Waals surface area contributed by atoms with E-state index in [1.54, 1.807) is 25.5 Å². The molecule has 8 heteroatoms. The highest BCUT2D eigenvalue weighted by molar-refractivity contribution is 14.0. The number of hydrogen-bond donors (Lipinski definition) is 2. The molecule has 0 aliphatic heterocycles. The van der Waals surface area contributed by atoms with Crippen LogP contribution in [0.1, 0.15) is 5.76 Å². The van der Waals surface area contributed by atoms with Crippen LogP contribution >= 0.6 is 35.3 Å². The number of thiazole rings is 1. The summed E-state index contributed by atoms with van der Waals surface area (Å²) in [6.07, 6.45) is 0. The molecule has 2 aromatic heterocycles. The summed E-state index contributed by atoms with van der Waals surface area (Å²) < 4.78 is 12.1. The molecule has 0 aliphatic carbocycles. The van der Waals surface area contributed by atoms with Crippen molar-refractivity contribution in [3.63, 3.8) is 0 Å². The third-order valence-electron chi connectivity index (χ3n) is 3.42. The second-order valence-electron chi connectivity index (χ2n) is 5.10. The number of halogens is 1. The first-order chi connectivity index (χ1) is 11.8. The van der Waals surface area contributed by atoms with Gasteiger partial charge in [0.2, 0.25) is 0 Å². The van der Waals surface area contributed by atoms with E-state index in [0.717, 1.165) is 26.7 Å². The fourth-order valence-electron chi connectivity index (χ4n) is 2.23. The van der Waals surface area contributed by atoms with Crippen LogP contribution in [-0.4, -0.2) is 38.3 Å². The lowest BCUT2D eigenvalue weighted by Crippen LogP contribution is -2.38. The molecule has 25 heavy (non-hydrogen) atoms. The van der Waals surface area contributed by atoms with E-state index < -0.39 is 0 Å². The topological polar surface area (TPSA) is 71.7 Å². The maximum atomic E-state index is 5.90. The quantitative estimate of drug-likeness (QED) is 0.249. The number of aromatic nitrogens is 1. The number of aliphatic imine (C=N–C) groups is 1. The summed E-state index contributed by atoms with van der Waals surface area (Å²) in [5.41, 5.74) is 0.997. The predicted octanol–water partition coefficient (Wildman–Crippen LogP) is 3.49. The molecule has 0 unspecified atom stereocenters. The molecule has 6 nitrogen and oxygen atoms in total. The average molecular weight is 472 g/mol. The molecule has 0 aliphatic rings. The fourth-order valence-corrected chi connectivity index (χ4v) is 3.16. The molecule has 0 spiro atoms. The van der Waals surface area contributed by atoms with Crippen LogP contribution in [0.3, 0.4) is 0 Å². The van der Waals surface area contributed by atoms with E-state index in [1.807, 2.05) is 30.3 Å². The number of nitrogens with one attached hydrogen (secondary N) is 2. The Balaban J connectivity index is 0.00000225. The van der Waals surface area contributed by atoms with Gasteiger partial charge in [-0.15, -0.1) is 35.3 Å². The number of furan rings is 1. The summed E-state index contributed by atoms with van der Waals surface area (Å²) in [7, 11) is 3.40. The minimum absolute atomic E-state index is 0. The van der Waals surface area contributed by atoms with Crippen molar-refractivity contribution in [3.05, 3.63) is 42.2 Å². The maximum absolute atomic E-state index is 5.90. The third-order valence-corrected chi connectivity index (χ3v) is 4.47. The third kappa shape index (κ3) is 5.16. The lowest BCUT2D eigenvalue weighted by molar-refractivity contribution is 0.203. The highest BCUT2D eigenvalue weighted by Gasteiger charge is 2.10. The van der Waals surface area contributed by atoms with Crippen molar-refractivity contribution in [1.29, 1.82) is 0 Å². The number of hydrogen-bond acceptors (Lipinski definition) is 5. The van der Waals surface area contributed by atoms with Crippen LogP contribution in [0.5, 0.6) is 0 Å². The fraction of sp³-hybridized carbons (Fsp3) is 0.294. The van der Waals surface area contributed by atoms with Crippen LogP contribution in [0.25, 0.3) is 21.0 Å². The molecule has 0 saturated carbocycles. The van der Waals surface area contributed by atoms with Gasteiger partial charge in [-0.05, 0) is 24.3 Å². The highest BCUT2D eigenvalue weighted by Crippen LogP contribution is 2.30. The van der Waals surface area contributed by atoms with E-state index in [9.17, 15) is 0 Å². The van der Waals surface area contributed by atoms with E-state index in [2.05, 4.69) is 26.7 Å². The van der Waals surface area contributed by atoms with Crippen LogP contribution in [-0.2, 0) is 11.3 Å². The Morgan fingerprint density at radius 1 is 1.24 bits per heavy atom. The van der Waals surface area contributed by atoms with Gasteiger partial charge in [0, 0.05) is 20.7 Å². The van der Waals surface area contributed by atoms with Crippen molar-refractivity contribution in [3.8, 4) is 10.8 Å². The monoisotopic (exact) mass is 472 g/mol. The first-order valence-electron chi connectivity index (χ1n) is 7.68. The van der Waals surface area contributed by atoms with E-state index in [-0.39, 0.29) is 24.0 Å². The SMILES string of the molecule is CN=C(NCCOC)NCc1ccc(-c2nc3ccccc3s2)o1.I. The van der Waals surface area contributed by atoms with Crippen molar-refractivity contribution in [2.45, 2.75) is 6.54 Å². The van der Waals surface area contributed by atoms with E-state index in [4.69, 9.17) is 9.15 Å². The number of rotatable bonds is 6. The van der Waals surface area contributed by atoms with Crippen LogP contribution in [0, 0.1) is 0 Å². The van der Waals surface area contributed by atoms with Crippen molar-refractivity contribution in [2.75, 3.05) is 27.3 Å². The van der Waals surface area contributed by atoms with Gasteiger partial charge in [-0.25, -0.2) is 4.98 Å². The smallest absolute Gasteiger partial charge is 0.191 e. The molecule has 2 N–H and O–H groups in total. The largest absolute Gasteiger partial charge is 0.457 e. The van der Waals surface area contributed by atoms with Gasteiger partial charge in [-0.1, -0.05) is 12.1 Å². The Labute approximate surface area is 167 Å². The van der Waals surface area contributed by atoms with Gasteiger partial charge in [0.25, 0.3) is 0 Å². The summed E-state index contributed by atoms with van der Waals surface area (Å²) in [4.78, 5) is 8.77. The Hall–Kier alpha value is -1.65. The molecule has 0 fully saturated rings. The molecule has 0 radical (unpaired) electrons. The van der Waals surface area contributed by atoms with Crippen LogP contribution < -0.4 is 10.6 Å². The molecule has 2 heterocycles. The number of benzene rings is 1. The molecule has 0 atom stereocenters. The molecular formula is C17H21IN4O2S. The van der Waals surface area contributed by atoms with Crippen LogP contribution in [0.4, 0.5) is 0 Å². The zero-order valence-corrected chi connectivity index (χ0v) is 17.3. The van der Waals surface area contributed by atoms with Crippen molar-refractivity contribution < 1.29 is 9.15 Å². The first kappa shape index (κ1) is 19.7. The Morgan fingerprint density at radius 2 is 2.08 bits per heavy atom. The van der Waals surface area contributed by atoms with E-state index in [1.165, 1.54) is 0 Å². The summed E-state index contributed by atoms with van der Waals surface area (Å²) in [5, 5.41) is 7.26. The number of para-hydroxylation sites is 1. The lowest BCUT2D eigenvalue weighted by Gasteiger charge is -2.10. The number of ether oxygens (including phenoxy) is 1. The zero-order chi connectivity index (χ0) is 16.8. The standard InChI is InChI=1S/C17H20N4O2S.HI/c1-18-17(19-9-10-22-2)20-11-12-7-8-14(23-12)16-21-13-5-3-4-6-15(13)24-16;/h3-8H,9-11H2,1-2H3,(H2,18,19,20);1H. The van der Waals surface area contributed by atoms with Gasteiger partial charge in [0.1, 0.15) is 5.76 Å². The predicted molar refractivity (Wildman–Crippen MR) is 113 cm³/mol. The van der Waals surface area contributed by atoms with Gasteiger partial charge in [-0.2, -0.15) is 0 Å². The second-order valence-corrected chi connectivity index (χ2v) is 6.13. The lowest BCUT2D eigenvalue weighted by atomic mass is 10.3. The van der Waals surface area contributed by atoms with E-state index >= 15 is 0 Å². The summed E-state index contributed by atoms with van der Waals surface area (Å²) in [5.74, 6) is 2.33. The molecule has 1 aromatic carbocycles. The van der Waals surface area contributed by atoms with Gasteiger partial charge in [0.15, 0.2) is 16.7 Å².